The summed E-state index contributed by atoms with van der Waals surface area (Å²) >= 11 is 7.76. The number of hydrogen-bond acceptors (Lipinski definition) is 4. The maximum absolute atomic E-state index is 9.55. The van der Waals surface area contributed by atoms with E-state index in [9.17, 15) is 5.11 Å². The van der Waals surface area contributed by atoms with Crippen molar-refractivity contribution in [3.63, 3.8) is 0 Å². The van der Waals surface area contributed by atoms with Crippen molar-refractivity contribution in [2.75, 3.05) is 18.0 Å². The van der Waals surface area contributed by atoms with Crippen LogP contribution in [0.1, 0.15) is 12.0 Å². The summed E-state index contributed by atoms with van der Waals surface area (Å²) in [6.45, 7) is 3.56. The molecule has 1 saturated heterocycles. The van der Waals surface area contributed by atoms with Gasteiger partial charge < -0.3 is 10.0 Å². The molecule has 5 heteroatoms. The summed E-state index contributed by atoms with van der Waals surface area (Å²) < 4.78 is 1.16. The lowest BCUT2D eigenvalue weighted by atomic mass is 10.2. The monoisotopic (exact) mass is 268 g/mol. The van der Waals surface area contributed by atoms with Crippen molar-refractivity contribution >= 4 is 38.3 Å². The average Bonchev–Trinajstić information content (AvgIpc) is 2.90. The number of thiazole rings is 1. The van der Waals surface area contributed by atoms with Gasteiger partial charge in [-0.1, -0.05) is 22.9 Å². The second-order valence-electron chi connectivity index (χ2n) is 4.40. The van der Waals surface area contributed by atoms with Gasteiger partial charge in [-0.25, -0.2) is 4.98 Å². The fraction of sp³-hybridized carbons (Fsp3) is 0.417. The minimum atomic E-state index is -0.216. The molecule has 1 aliphatic rings. The first kappa shape index (κ1) is 11.3. The molecule has 0 aliphatic carbocycles. The minimum Gasteiger partial charge on any atom is -0.391 e. The number of β-amino-alcohol motifs (C(OH)–C–C–N with tert-alkyl or cyclic N) is 1. The number of benzene rings is 1. The van der Waals surface area contributed by atoms with Gasteiger partial charge in [-0.15, -0.1) is 0 Å². The van der Waals surface area contributed by atoms with E-state index in [0.29, 0.717) is 6.54 Å². The number of anilines is 1. The van der Waals surface area contributed by atoms with Crippen molar-refractivity contribution in [2.24, 2.45) is 0 Å². The highest BCUT2D eigenvalue weighted by atomic mass is 35.5. The number of aliphatic hydroxyl groups is 1. The summed E-state index contributed by atoms with van der Waals surface area (Å²) in [6, 6.07) is 3.93. The van der Waals surface area contributed by atoms with Crippen LogP contribution in [0.2, 0.25) is 5.02 Å². The second-order valence-corrected chi connectivity index (χ2v) is 5.82. The third kappa shape index (κ3) is 1.90. The van der Waals surface area contributed by atoms with Crippen LogP contribution >= 0.6 is 22.9 Å². The molecule has 1 fully saturated rings. The molecule has 1 aliphatic heterocycles. The van der Waals surface area contributed by atoms with E-state index in [4.69, 9.17) is 11.6 Å². The van der Waals surface area contributed by atoms with Crippen molar-refractivity contribution in [1.82, 2.24) is 4.98 Å². The van der Waals surface area contributed by atoms with Crippen LogP contribution in [0.5, 0.6) is 0 Å². The van der Waals surface area contributed by atoms with Gasteiger partial charge in [0.1, 0.15) is 0 Å². The van der Waals surface area contributed by atoms with Crippen LogP contribution in [0.25, 0.3) is 10.2 Å². The topological polar surface area (TPSA) is 36.4 Å². The Balaban J connectivity index is 2.05. The normalized spacial score (nSPS) is 20.4. The first-order valence-electron chi connectivity index (χ1n) is 5.64. The number of hydrogen-bond donors (Lipinski definition) is 1. The van der Waals surface area contributed by atoms with E-state index in [1.54, 1.807) is 11.3 Å². The standard InChI is InChI=1S/C12H13ClN2OS/c1-7-9(13)2-3-10-11(7)14-12(17-10)15-5-4-8(16)6-15/h2-3,8,16H,4-6H2,1H3. The molecule has 1 unspecified atom stereocenters. The summed E-state index contributed by atoms with van der Waals surface area (Å²) in [5, 5.41) is 11.3. The van der Waals surface area contributed by atoms with Gasteiger partial charge in [0.25, 0.3) is 0 Å². The summed E-state index contributed by atoms with van der Waals surface area (Å²) in [5.74, 6) is 0. The Kier molecular flexibility index (Phi) is 2.73. The molecular formula is C12H13ClN2OS. The predicted molar refractivity (Wildman–Crippen MR) is 72.2 cm³/mol. The van der Waals surface area contributed by atoms with Gasteiger partial charge in [-0.05, 0) is 31.0 Å². The van der Waals surface area contributed by atoms with Crippen LogP contribution in [-0.2, 0) is 0 Å². The average molecular weight is 269 g/mol. The van der Waals surface area contributed by atoms with E-state index in [2.05, 4.69) is 9.88 Å². The molecule has 3 nitrogen and oxygen atoms in total. The Labute approximate surface area is 109 Å². The SMILES string of the molecule is Cc1c(Cl)ccc2sc(N3CCC(O)C3)nc12. The lowest BCUT2D eigenvalue weighted by Gasteiger charge is -2.12. The van der Waals surface area contributed by atoms with Crippen LogP contribution in [0.15, 0.2) is 12.1 Å². The van der Waals surface area contributed by atoms with Gasteiger partial charge in [0.2, 0.25) is 0 Å². The number of aryl methyl sites for hydroxylation is 1. The minimum absolute atomic E-state index is 0.216. The van der Waals surface area contributed by atoms with E-state index in [1.165, 1.54) is 0 Å². The summed E-state index contributed by atoms with van der Waals surface area (Å²) in [5.41, 5.74) is 2.02. The number of fused-ring (bicyclic) bond motifs is 1. The molecular weight excluding hydrogens is 256 g/mol. The number of rotatable bonds is 1. The lowest BCUT2D eigenvalue weighted by Crippen LogP contribution is -2.20. The smallest absolute Gasteiger partial charge is 0.186 e. The van der Waals surface area contributed by atoms with Crippen LogP contribution in [0, 0.1) is 6.92 Å². The molecule has 0 saturated carbocycles. The van der Waals surface area contributed by atoms with E-state index < -0.39 is 0 Å². The molecule has 0 spiro atoms. The molecule has 0 amide bonds. The molecule has 2 heterocycles. The Hall–Kier alpha value is -0.840. The van der Waals surface area contributed by atoms with Gasteiger partial charge in [-0.2, -0.15) is 0 Å². The van der Waals surface area contributed by atoms with Gasteiger partial charge in [0.15, 0.2) is 5.13 Å². The Morgan fingerprint density at radius 3 is 3.06 bits per heavy atom. The number of aromatic nitrogens is 1. The quantitative estimate of drug-likeness (QED) is 0.864. The fourth-order valence-electron chi connectivity index (χ4n) is 2.14. The zero-order valence-electron chi connectivity index (χ0n) is 9.48. The third-order valence-corrected chi connectivity index (χ3v) is 4.66. The molecule has 2 aromatic rings. The van der Waals surface area contributed by atoms with Gasteiger partial charge >= 0.3 is 0 Å². The molecule has 3 rings (SSSR count). The first-order chi connectivity index (χ1) is 8.15. The Morgan fingerprint density at radius 1 is 1.53 bits per heavy atom. The highest BCUT2D eigenvalue weighted by Gasteiger charge is 2.23. The summed E-state index contributed by atoms with van der Waals surface area (Å²) in [6.07, 6.45) is 0.613. The lowest BCUT2D eigenvalue weighted by molar-refractivity contribution is 0.198. The molecule has 0 radical (unpaired) electrons. The number of nitrogens with zero attached hydrogens (tertiary/aromatic N) is 2. The zero-order chi connectivity index (χ0) is 12.0. The summed E-state index contributed by atoms with van der Waals surface area (Å²) in [7, 11) is 0. The third-order valence-electron chi connectivity index (χ3n) is 3.17. The predicted octanol–water partition coefficient (Wildman–Crippen LogP) is 2.83. The molecule has 1 atom stereocenters. The van der Waals surface area contributed by atoms with E-state index in [0.717, 1.165) is 38.9 Å². The Morgan fingerprint density at radius 2 is 2.35 bits per heavy atom. The molecule has 17 heavy (non-hydrogen) atoms. The second kappa shape index (κ2) is 4.12. The number of aliphatic hydroxyl groups excluding tert-OH is 1. The maximum atomic E-state index is 9.55. The van der Waals surface area contributed by atoms with Crippen LogP contribution in [0.4, 0.5) is 5.13 Å². The Bertz CT molecular complexity index is 569. The highest BCUT2D eigenvalue weighted by Crippen LogP contribution is 2.34. The van der Waals surface area contributed by atoms with Crippen LogP contribution < -0.4 is 4.90 Å². The summed E-state index contributed by atoms with van der Waals surface area (Å²) in [4.78, 5) is 6.78. The van der Waals surface area contributed by atoms with Crippen LogP contribution in [-0.4, -0.2) is 29.3 Å². The largest absolute Gasteiger partial charge is 0.391 e. The van der Waals surface area contributed by atoms with Gasteiger partial charge in [-0.3, -0.25) is 0 Å². The fourth-order valence-corrected chi connectivity index (χ4v) is 3.35. The van der Waals surface area contributed by atoms with E-state index >= 15 is 0 Å². The highest BCUT2D eigenvalue weighted by molar-refractivity contribution is 7.22. The van der Waals surface area contributed by atoms with Crippen LogP contribution in [0.3, 0.4) is 0 Å². The van der Waals surface area contributed by atoms with Gasteiger partial charge in [0, 0.05) is 18.1 Å². The van der Waals surface area contributed by atoms with Crippen molar-refractivity contribution in [1.29, 1.82) is 0 Å². The van der Waals surface area contributed by atoms with Crippen molar-refractivity contribution in [3.8, 4) is 0 Å². The zero-order valence-corrected chi connectivity index (χ0v) is 11.1. The van der Waals surface area contributed by atoms with E-state index in [-0.39, 0.29) is 6.10 Å². The molecule has 90 valence electrons. The van der Waals surface area contributed by atoms with Crippen molar-refractivity contribution in [2.45, 2.75) is 19.4 Å². The first-order valence-corrected chi connectivity index (χ1v) is 6.83. The van der Waals surface area contributed by atoms with Crippen molar-refractivity contribution in [3.05, 3.63) is 22.7 Å². The molecule has 1 aromatic heterocycles. The van der Waals surface area contributed by atoms with Gasteiger partial charge in [0.05, 0.1) is 16.3 Å². The molecule has 0 bridgehead atoms. The molecule has 1 N–H and O–H groups in total. The molecule has 1 aromatic carbocycles. The number of halogens is 1. The van der Waals surface area contributed by atoms with Crippen molar-refractivity contribution < 1.29 is 5.11 Å². The van der Waals surface area contributed by atoms with E-state index in [1.807, 2.05) is 19.1 Å². The maximum Gasteiger partial charge on any atom is 0.186 e.